The largest absolute Gasteiger partial charge is 0.496 e. The Bertz CT molecular complexity index is 1200. The van der Waals surface area contributed by atoms with E-state index in [-0.39, 0.29) is 0 Å². The Morgan fingerprint density at radius 2 is 1.69 bits per heavy atom. The number of hydrogen-bond donors (Lipinski definition) is 1. The molecule has 5 rings (SSSR count). The number of benzene rings is 2. The molecule has 0 aliphatic heterocycles. The molecule has 4 aromatic rings. The monoisotopic (exact) mass is 386 g/mol. The van der Waals surface area contributed by atoms with Crippen molar-refractivity contribution in [2.45, 2.75) is 39.0 Å². The molecule has 0 radical (unpaired) electrons. The molecule has 0 fully saturated rings. The standard InChI is InChI=1S/C25H26N2O2/c1-4-16-22(28-2)13-15(14-23(16)29-3)25-18-8-6-5-7-17(18)24-19-11-12-26-20(19)9-10-21(24)27-25/h9-14,27H,4-8H2,1-3H3. The van der Waals surface area contributed by atoms with E-state index in [1.165, 1.54) is 46.0 Å². The maximum absolute atomic E-state index is 5.72. The fraction of sp³-hybridized carbons (Fsp3) is 0.320. The van der Waals surface area contributed by atoms with Crippen LogP contribution in [0.25, 0.3) is 33.1 Å². The third-order valence-corrected chi connectivity index (χ3v) is 6.26. The first-order valence-corrected chi connectivity index (χ1v) is 10.4. The molecule has 148 valence electrons. The van der Waals surface area contributed by atoms with Gasteiger partial charge in [0.1, 0.15) is 11.5 Å². The number of aromatic amines is 1. The van der Waals surface area contributed by atoms with Gasteiger partial charge in [-0.15, -0.1) is 0 Å². The molecule has 4 nitrogen and oxygen atoms in total. The predicted octanol–water partition coefficient (Wildman–Crippen LogP) is 5.84. The van der Waals surface area contributed by atoms with Gasteiger partial charge < -0.3 is 14.5 Å². The summed E-state index contributed by atoms with van der Waals surface area (Å²) in [7, 11) is 3.47. The van der Waals surface area contributed by atoms with E-state index >= 15 is 0 Å². The fourth-order valence-electron chi connectivity index (χ4n) is 4.90. The average Bonchev–Trinajstić information content (AvgIpc) is 3.26. The quantitative estimate of drug-likeness (QED) is 0.479. The summed E-state index contributed by atoms with van der Waals surface area (Å²) in [5, 5.41) is 2.59. The molecular weight excluding hydrogens is 360 g/mol. The van der Waals surface area contributed by atoms with Gasteiger partial charge in [0.2, 0.25) is 0 Å². The average molecular weight is 386 g/mol. The Morgan fingerprint density at radius 3 is 2.38 bits per heavy atom. The zero-order chi connectivity index (χ0) is 20.0. The number of aromatic nitrogens is 2. The smallest absolute Gasteiger partial charge is 0.126 e. The van der Waals surface area contributed by atoms with Crippen molar-refractivity contribution in [1.82, 2.24) is 9.97 Å². The Balaban J connectivity index is 1.83. The molecule has 2 aromatic heterocycles. The van der Waals surface area contributed by atoms with Crippen molar-refractivity contribution >= 4 is 21.8 Å². The minimum Gasteiger partial charge on any atom is -0.496 e. The second kappa shape index (κ2) is 7.11. The molecule has 2 heterocycles. The van der Waals surface area contributed by atoms with Gasteiger partial charge in [0, 0.05) is 39.3 Å². The van der Waals surface area contributed by atoms with Crippen LogP contribution in [0.15, 0.2) is 36.5 Å². The molecule has 0 amide bonds. The van der Waals surface area contributed by atoms with Gasteiger partial charge in [-0.2, -0.15) is 0 Å². The molecule has 0 bridgehead atoms. The lowest BCUT2D eigenvalue weighted by atomic mass is 9.85. The van der Waals surface area contributed by atoms with Gasteiger partial charge >= 0.3 is 0 Å². The maximum atomic E-state index is 5.72. The first-order chi connectivity index (χ1) is 14.2. The van der Waals surface area contributed by atoms with Crippen LogP contribution in [0.4, 0.5) is 0 Å². The lowest BCUT2D eigenvalue weighted by Gasteiger charge is -2.24. The number of fused-ring (bicyclic) bond motifs is 5. The van der Waals surface area contributed by atoms with E-state index in [1.807, 2.05) is 6.20 Å². The second-order valence-electron chi connectivity index (χ2n) is 7.74. The minimum atomic E-state index is 0.869. The highest BCUT2D eigenvalue weighted by Crippen LogP contribution is 2.41. The van der Waals surface area contributed by atoms with Crippen LogP contribution in [-0.4, -0.2) is 24.2 Å². The molecule has 0 atom stereocenters. The first kappa shape index (κ1) is 18.0. The van der Waals surface area contributed by atoms with Crippen molar-refractivity contribution < 1.29 is 9.47 Å². The van der Waals surface area contributed by atoms with Crippen LogP contribution >= 0.6 is 0 Å². The van der Waals surface area contributed by atoms with Crippen molar-refractivity contribution in [1.29, 1.82) is 0 Å². The summed E-state index contributed by atoms with van der Waals surface area (Å²) in [6.07, 6.45) is 7.43. The van der Waals surface area contributed by atoms with Crippen LogP contribution in [0.3, 0.4) is 0 Å². The summed E-state index contributed by atoms with van der Waals surface area (Å²) in [6.45, 7) is 2.13. The zero-order valence-corrected chi connectivity index (χ0v) is 17.3. The fourth-order valence-corrected chi connectivity index (χ4v) is 4.90. The van der Waals surface area contributed by atoms with E-state index in [1.54, 1.807) is 14.2 Å². The Labute approximate surface area is 170 Å². The van der Waals surface area contributed by atoms with Gasteiger partial charge in [-0.1, -0.05) is 6.92 Å². The number of rotatable bonds is 4. The molecule has 2 aromatic carbocycles. The zero-order valence-electron chi connectivity index (χ0n) is 17.3. The van der Waals surface area contributed by atoms with E-state index in [2.05, 4.69) is 47.2 Å². The van der Waals surface area contributed by atoms with Crippen molar-refractivity contribution in [3.8, 4) is 22.8 Å². The van der Waals surface area contributed by atoms with Gasteiger partial charge in [-0.05, 0) is 73.6 Å². The van der Waals surface area contributed by atoms with Gasteiger partial charge in [-0.25, -0.2) is 0 Å². The summed E-state index contributed by atoms with van der Waals surface area (Å²) in [4.78, 5) is 8.27. The second-order valence-corrected chi connectivity index (χ2v) is 7.74. The lowest BCUT2D eigenvalue weighted by molar-refractivity contribution is 0.386. The molecule has 1 aliphatic rings. The van der Waals surface area contributed by atoms with Gasteiger partial charge in [0.05, 0.1) is 19.7 Å². The lowest BCUT2D eigenvalue weighted by Crippen LogP contribution is -2.08. The summed E-state index contributed by atoms with van der Waals surface area (Å²) in [5.41, 5.74) is 8.54. The SMILES string of the molecule is CCc1c(OC)cc(-c2[nH]c3ccc4nccc4c3c3c2CCCC3)cc1OC. The Hall–Kier alpha value is -3.01. The Kier molecular flexibility index (Phi) is 4.42. The summed E-state index contributed by atoms with van der Waals surface area (Å²) >= 11 is 0. The number of hydrogen-bond acceptors (Lipinski definition) is 3. The topological polar surface area (TPSA) is 47.1 Å². The van der Waals surface area contributed by atoms with E-state index in [0.717, 1.165) is 47.4 Å². The normalized spacial score (nSPS) is 13.6. The number of ether oxygens (including phenoxy) is 2. The van der Waals surface area contributed by atoms with Crippen LogP contribution in [0.2, 0.25) is 0 Å². The van der Waals surface area contributed by atoms with Crippen molar-refractivity contribution in [2.24, 2.45) is 0 Å². The van der Waals surface area contributed by atoms with Crippen LogP contribution in [0, 0.1) is 0 Å². The highest BCUT2D eigenvalue weighted by molar-refractivity contribution is 6.08. The van der Waals surface area contributed by atoms with Crippen LogP contribution in [-0.2, 0) is 19.3 Å². The molecule has 0 saturated heterocycles. The number of methoxy groups -OCH3 is 2. The highest BCUT2D eigenvalue weighted by Gasteiger charge is 2.22. The maximum Gasteiger partial charge on any atom is 0.126 e. The van der Waals surface area contributed by atoms with Gasteiger partial charge in [0.25, 0.3) is 0 Å². The number of aryl methyl sites for hydroxylation is 1. The number of H-pyrrole nitrogens is 1. The van der Waals surface area contributed by atoms with Crippen molar-refractivity contribution in [3.63, 3.8) is 0 Å². The predicted molar refractivity (Wildman–Crippen MR) is 118 cm³/mol. The van der Waals surface area contributed by atoms with Crippen LogP contribution in [0.1, 0.15) is 36.5 Å². The molecule has 0 unspecified atom stereocenters. The van der Waals surface area contributed by atoms with Crippen LogP contribution < -0.4 is 9.47 Å². The number of nitrogens with one attached hydrogen (secondary N) is 1. The summed E-state index contributed by atoms with van der Waals surface area (Å²) < 4.78 is 11.4. The molecule has 0 spiro atoms. The molecule has 1 N–H and O–H groups in total. The highest BCUT2D eigenvalue weighted by atomic mass is 16.5. The minimum absolute atomic E-state index is 0.869. The third kappa shape index (κ3) is 2.78. The number of nitrogens with zero attached hydrogens (tertiary/aromatic N) is 1. The molecular formula is C25H26N2O2. The molecule has 4 heteroatoms. The van der Waals surface area contributed by atoms with Crippen molar-refractivity contribution in [3.05, 3.63) is 53.2 Å². The van der Waals surface area contributed by atoms with Gasteiger partial charge in [0.15, 0.2) is 0 Å². The van der Waals surface area contributed by atoms with E-state index in [9.17, 15) is 0 Å². The van der Waals surface area contributed by atoms with E-state index in [4.69, 9.17) is 9.47 Å². The molecule has 1 aliphatic carbocycles. The van der Waals surface area contributed by atoms with Gasteiger partial charge in [-0.3, -0.25) is 4.98 Å². The molecule has 0 saturated carbocycles. The van der Waals surface area contributed by atoms with Crippen LogP contribution in [0.5, 0.6) is 11.5 Å². The van der Waals surface area contributed by atoms with Crippen molar-refractivity contribution in [2.75, 3.05) is 14.2 Å². The van der Waals surface area contributed by atoms with E-state index in [0.29, 0.717) is 0 Å². The van der Waals surface area contributed by atoms with E-state index < -0.39 is 0 Å². The third-order valence-electron chi connectivity index (χ3n) is 6.26. The first-order valence-electron chi connectivity index (χ1n) is 10.4. The number of pyridine rings is 1. The summed E-state index contributed by atoms with van der Waals surface area (Å²) in [6, 6.07) is 10.7. The molecule has 29 heavy (non-hydrogen) atoms. The summed E-state index contributed by atoms with van der Waals surface area (Å²) in [5.74, 6) is 1.77. The Morgan fingerprint density at radius 1 is 0.966 bits per heavy atom.